The number of hydrogen-bond donors (Lipinski definition) is 3. The maximum Gasteiger partial charge on any atom is 0.326 e. The van der Waals surface area contributed by atoms with Crippen LogP contribution in [0.4, 0.5) is 5.69 Å². The van der Waals surface area contributed by atoms with Crippen molar-refractivity contribution in [3.8, 4) is 0 Å². The molecule has 0 bridgehead atoms. The van der Waals surface area contributed by atoms with Gasteiger partial charge in [-0.3, -0.25) is 9.59 Å². The molecular weight excluding hydrogens is 320 g/mol. The Hall–Kier alpha value is -2.37. The van der Waals surface area contributed by atoms with E-state index >= 15 is 0 Å². The molecule has 2 amide bonds. The second-order valence-electron chi connectivity index (χ2n) is 6.94. The predicted molar refractivity (Wildman–Crippen MR) is 95.4 cm³/mol. The Morgan fingerprint density at radius 3 is 2.40 bits per heavy atom. The van der Waals surface area contributed by atoms with Crippen molar-refractivity contribution in [1.29, 1.82) is 0 Å². The van der Waals surface area contributed by atoms with Crippen LogP contribution in [0.1, 0.15) is 56.3 Å². The summed E-state index contributed by atoms with van der Waals surface area (Å²) in [5.74, 6) is -1.73. The number of carbonyl (C=O) groups excluding carboxylic acids is 2. The Morgan fingerprint density at radius 2 is 1.80 bits per heavy atom. The molecule has 1 aliphatic rings. The summed E-state index contributed by atoms with van der Waals surface area (Å²) in [4.78, 5) is 35.9. The number of hydrogen-bond acceptors (Lipinski definition) is 3. The van der Waals surface area contributed by atoms with Crippen LogP contribution in [0.15, 0.2) is 24.3 Å². The van der Waals surface area contributed by atoms with Gasteiger partial charge in [0.15, 0.2) is 0 Å². The van der Waals surface area contributed by atoms with Gasteiger partial charge in [-0.2, -0.15) is 0 Å². The lowest BCUT2D eigenvalue weighted by Gasteiger charge is -2.21. The average Bonchev–Trinajstić information content (AvgIpc) is 2.59. The van der Waals surface area contributed by atoms with E-state index in [0.29, 0.717) is 11.3 Å². The molecule has 136 valence electrons. The summed E-state index contributed by atoms with van der Waals surface area (Å²) in [6, 6.07) is 5.64. The van der Waals surface area contributed by atoms with Gasteiger partial charge in [0, 0.05) is 17.2 Å². The van der Waals surface area contributed by atoms with E-state index in [1.807, 2.05) is 0 Å². The molecular formula is C19H26N2O4. The predicted octanol–water partition coefficient (Wildman–Crippen LogP) is 3.04. The molecule has 1 atom stereocenters. The molecule has 25 heavy (non-hydrogen) atoms. The molecule has 1 aliphatic carbocycles. The highest BCUT2D eigenvalue weighted by Crippen LogP contribution is 2.25. The topological polar surface area (TPSA) is 95.5 Å². The third-order valence-corrected chi connectivity index (χ3v) is 4.59. The fraction of sp³-hybridized carbons (Fsp3) is 0.526. The molecule has 1 aromatic carbocycles. The van der Waals surface area contributed by atoms with Crippen LogP contribution in [0.25, 0.3) is 0 Å². The maximum atomic E-state index is 12.3. The molecule has 2 rings (SSSR count). The van der Waals surface area contributed by atoms with Gasteiger partial charge in [-0.25, -0.2) is 4.79 Å². The van der Waals surface area contributed by atoms with E-state index in [2.05, 4.69) is 10.6 Å². The van der Waals surface area contributed by atoms with Gasteiger partial charge in [0.05, 0.1) is 0 Å². The molecule has 1 aromatic rings. The van der Waals surface area contributed by atoms with Gasteiger partial charge in [0.1, 0.15) is 6.04 Å². The molecule has 0 aromatic heterocycles. The number of anilines is 1. The summed E-state index contributed by atoms with van der Waals surface area (Å²) in [5, 5.41) is 14.6. The summed E-state index contributed by atoms with van der Waals surface area (Å²) in [7, 11) is 0. The number of carboxylic acids is 1. The Labute approximate surface area is 148 Å². The van der Waals surface area contributed by atoms with Crippen LogP contribution in [0.3, 0.4) is 0 Å². The number of carbonyl (C=O) groups is 3. The van der Waals surface area contributed by atoms with Crippen LogP contribution in [-0.4, -0.2) is 28.9 Å². The molecule has 3 N–H and O–H groups in total. The lowest BCUT2D eigenvalue weighted by molar-refractivity contribution is -0.140. The molecule has 0 unspecified atom stereocenters. The van der Waals surface area contributed by atoms with Crippen LogP contribution in [-0.2, 0) is 9.59 Å². The zero-order valence-electron chi connectivity index (χ0n) is 14.7. The molecule has 6 heteroatoms. The van der Waals surface area contributed by atoms with Crippen molar-refractivity contribution >= 4 is 23.5 Å². The Bertz CT molecular complexity index is 636. The lowest BCUT2D eigenvalue weighted by Crippen LogP contribution is -2.44. The molecule has 1 fully saturated rings. The van der Waals surface area contributed by atoms with E-state index in [0.717, 1.165) is 25.7 Å². The third-order valence-electron chi connectivity index (χ3n) is 4.59. The highest BCUT2D eigenvalue weighted by molar-refractivity contribution is 5.99. The molecule has 0 heterocycles. The number of benzene rings is 1. The number of amides is 2. The monoisotopic (exact) mass is 346 g/mol. The minimum atomic E-state index is -1.06. The second kappa shape index (κ2) is 8.65. The van der Waals surface area contributed by atoms with Crippen molar-refractivity contribution in [3.05, 3.63) is 29.8 Å². The summed E-state index contributed by atoms with van der Waals surface area (Å²) < 4.78 is 0. The van der Waals surface area contributed by atoms with E-state index < -0.39 is 17.9 Å². The molecule has 0 aliphatic heterocycles. The van der Waals surface area contributed by atoms with Crippen LogP contribution in [0, 0.1) is 11.8 Å². The molecule has 6 nitrogen and oxygen atoms in total. The first-order chi connectivity index (χ1) is 11.9. The SMILES string of the molecule is CC(C)[C@@H](NC(=O)c1cccc(NC(=O)C2CCCCC2)c1)C(=O)O. The van der Waals surface area contributed by atoms with Gasteiger partial charge in [0.2, 0.25) is 5.91 Å². The van der Waals surface area contributed by atoms with E-state index in [1.165, 1.54) is 6.42 Å². The fourth-order valence-corrected chi connectivity index (χ4v) is 3.09. The first-order valence-electron chi connectivity index (χ1n) is 8.83. The van der Waals surface area contributed by atoms with Gasteiger partial charge in [-0.1, -0.05) is 39.2 Å². The molecule has 0 saturated heterocycles. The van der Waals surface area contributed by atoms with E-state index in [9.17, 15) is 19.5 Å². The minimum absolute atomic E-state index is 0.0112. The minimum Gasteiger partial charge on any atom is -0.480 e. The van der Waals surface area contributed by atoms with E-state index in [-0.39, 0.29) is 17.7 Å². The van der Waals surface area contributed by atoms with Gasteiger partial charge in [0.25, 0.3) is 5.91 Å². The van der Waals surface area contributed by atoms with E-state index in [4.69, 9.17) is 0 Å². The van der Waals surface area contributed by atoms with Gasteiger partial charge < -0.3 is 15.7 Å². The standard InChI is InChI=1S/C19H26N2O4/c1-12(2)16(19(24)25)21-18(23)14-9-6-10-15(11-14)20-17(22)13-7-4-3-5-8-13/h6,9-13,16H,3-5,7-8H2,1-2H3,(H,20,22)(H,21,23)(H,24,25)/t16-/m1/s1. The fourth-order valence-electron chi connectivity index (χ4n) is 3.09. The molecule has 1 saturated carbocycles. The highest BCUT2D eigenvalue weighted by Gasteiger charge is 2.24. The summed E-state index contributed by atoms with van der Waals surface area (Å²) in [6.07, 6.45) is 5.14. The summed E-state index contributed by atoms with van der Waals surface area (Å²) in [6.45, 7) is 3.47. The lowest BCUT2D eigenvalue weighted by atomic mass is 9.88. The zero-order valence-corrected chi connectivity index (χ0v) is 14.7. The van der Waals surface area contributed by atoms with Crippen molar-refractivity contribution < 1.29 is 19.5 Å². The number of carboxylic acid groups (broad SMARTS) is 1. The Morgan fingerprint density at radius 1 is 1.12 bits per heavy atom. The molecule has 0 radical (unpaired) electrons. The first-order valence-corrected chi connectivity index (χ1v) is 8.83. The average molecular weight is 346 g/mol. The van der Waals surface area contributed by atoms with Crippen molar-refractivity contribution in [2.75, 3.05) is 5.32 Å². The van der Waals surface area contributed by atoms with Crippen LogP contribution >= 0.6 is 0 Å². The number of rotatable bonds is 6. The largest absolute Gasteiger partial charge is 0.480 e. The number of nitrogens with one attached hydrogen (secondary N) is 2. The van der Waals surface area contributed by atoms with Crippen molar-refractivity contribution in [2.45, 2.75) is 52.0 Å². The second-order valence-corrected chi connectivity index (χ2v) is 6.94. The zero-order chi connectivity index (χ0) is 18.4. The smallest absolute Gasteiger partial charge is 0.326 e. The summed E-state index contributed by atoms with van der Waals surface area (Å²) in [5.41, 5.74) is 0.882. The van der Waals surface area contributed by atoms with Crippen LogP contribution in [0.2, 0.25) is 0 Å². The first kappa shape index (κ1) is 19.0. The maximum absolute atomic E-state index is 12.3. The molecule has 0 spiro atoms. The normalized spacial score (nSPS) is 16.3. The third kappa shape index (κ3) is 5.31. The summed E-state index contributed by atoms with van der Waals surface area (Å²) >= 11 is 0. The van der Waals surface area contributed by atoms with Gasteiger partial charge in [-0.15, -0.1) is 0 Å². The Kier molecular flexibility index (Phi) is 6.56. The van der Waals surface area contributed by atoms with Crippen molar-refractivity contribution in [1.82, 2.24) is 5.32 Å². The Balaban J connectivity index is 2.03. The number of aliphatic carboxylic acids is 1. The van der Waals surface area contributed by atoms with Crippen molar-refractivity contribution in [2.24, 2.45) is 11.8 Å². The van der Waals surface area contributed by atoms with Crippen molar-refractivity contribution in [3.63, 3.8) is 0 Å². The van der Waals surface area contributed by atoms with Gasteiger partial charge in [-0.05, 0) is 37.0 Å². The van der Waals surface area contributed by atoms with Crippen LogP contribution in [0.5, 0.6) is 0 Å². The quantitative estimate of drug-likeness (QED) is 0.738. The highest BCUT2D eigenvalue weighted by atomic mass is 16.4. The van der Waals surface area contributed by atoms with E-state index in [1.54, 1.807) is 38.1 Å². The van der Waals surface area contributed by atoms with Gasteiger partial charge >= 0.3 is 5.97 Å². The van der Waals surface area contributed by atoms with Crippen LogP contribution < -0.4 is 10.6 Å².